The normalized spacial score (nSPS) is 13.2. The van der Waals surface area contributed by atoms with E-state index in [0.29, 0.717) is 18.0 Å². The van der Waals surface area contributed by atoms with Crippen LogP contribution in [-0.2, 0) is 11.3 Å². The van der Waals surface area contributed by atoms with Crippen LogP contribution in [0.3, 0.4) is 0 Å². The summed E-state index contributed by atoms with van der Waals surface area (Å²) in [4.78, 5) is 0. The van der Waals surface area contributed by atoms with E-state index >= 15 is 0 Å². The van der Waals surface area contributed by atoms with Crippen molar-refractivity contribution in [1.82, 2.24) is 5.32 Å². The molecule has 2 N–H and O–H groups in total. The molecule has 0 amide bonds. The molecule has 1 aliphatic rings. The van der Waals surface area contributed by atoms with E-state index in [0.717, 1.165) is 25.1 Å². The van der Waals surface area contributed by atoms with Gasteiger partial charge in [-0.15, -0.1) is 0 Å². The Morgan fingerprint density at radius 3 is 2.79 bits per heavy atom. The first-order chi connectivity index (χ1) is 9.16. The van der Waals surface area contributed by atoms with Crippen molar-refractivity contribution in [3.8, 4) is 17.2 Å². The Balaban J connectivity index is 1.74. The quantitative estimate of drug-likeness (QED) is 0.740. The number of hydrogen-bond acceptors (Lipinski definition) is 5. The summed E-state index contributed by atoms with van der Waals surface area (Å²) in [6.45, 7) is 6.47. The van der Waals surface area contributed by atoms with Crippen molar-refractivity contribution < 1.29 is 19.3 Å². The Hall–Kier alpha value is -1.46. The lowest BCUT2D eigenvalue weighted by atomic mass is 10.1. The van der Waals surface area contributed by atoms with Crippen LogP contribution in [0.1, 0.15) is 25.8 Å². The number of hydrogen-bond donors (Lipinski definition) is 2. The smallest absolute Gasteiger partial charge is 0.231 e. The van der Waals surface area contributed by atoms with Crippen LogP contribution in [0.2, 0.25) is 0 Å². The van der Waals surface area contributed by atoms with Crippen LogP contribution in [0, 0.1) is 0 Å². The van der Waals surface area contributed by atoms with Crippen LogP contribution in [0.25, 0.3) is 0 Å². The highest BCUT2D eigenvalue weighted by atomic mass is 16.7. The van der Waals surface area contributed by atoms with Crippen LogP contribution < -0.4 is 14.8 Å². The molecule has 0 aromatic heterocycles. The predicted molar refractivity (Wildman–Crippen MR) is 71.6 cm³/mol. The topological polar surface area (TPSA) is 60.0 Å². The van der Waals surface area contributed by atoms with Crippen LogP contribution in [0.5, 0.6) is 17.2 Å². The molecule has 0 saturated heterocycles. The summed E-state index contributed by atoms with van der Waals surface area (Å²) in [6, 6.07) is 3.41. The van der Waals surface area contributed by atoms with Crippen LogP contribution in [-0.4, -0.2) is 31.2 Å². The van der Waals surface area contributed by atoms with Crippen molar-refractivity contribution in [3.05, 3.63) is 17.7 Å². The molecule has 0 saturated carbocycles. The molecule has 0 atom stereocenters. The third kappa shape index (κ3) is 4.01. The van der Waals surface area contributed by atoms with E-state index in [-0.39, 0.29) is 18.6 Å². The van der Waals surface area contributed by atoms with Gasteiger partial charge in [-0.25, -0.2) is 0 Å². The molecule has 0 bridgehead atoms. The molecule has 5 nitrogen and oxygen atoms in total. The fourth-order valence-corrected chi connectivity index (χ4v) is 1.85. The molecule has 1 aromatic rings. The van der Waals surface area contributed by atoms with Gasteiger partial charge in [0.15, 0.2) is 11.5 Å². The van der Waals surface area contributed by atoms with Gasteiger partial charge in [-0.05, 0) is 32.9 Å². The van der Waals surface area contributed by atoms with Crippen molar-refractivity contribution in [3.63, 3.8) is 0 Å². The summed E-state index contributed by atoms with van der Waals surface area (Å²) in [5.74, 6) is 1.53. The third-order valence-electron chi connectivity index (χ3n) is 2.84. The molecule has 1 heterocycles. The molecule has 1 aromatic carbocycles. The lowest BCUT2D eigenvalue weighted by Gasteiger charge is -2.09. The summed E-state index contributed by atoms with van der Waals surface area (Å²) < 4.78 is 15.9. The zero-order valence-electron chi connectivity index (χ0n) is 11.4. The Morgan fingerprint density at radius 1 is 1.32 bits per heavy atom. The van der Waals surface area contributed by atoms with E-state index in [9.17, 15) is 5.11 Å². The maximum absolute atomic E-state index is 9.85. The van der Waals surface area contributed by atoms with E-state index in [1.807, 2.05) is 19.9 Å². The second-order valence-corrected chi connectivity index (χ2v) is 4.78. The minimum atomic E-state index is 0.220. The molecule has 0 spiro atoms. The fourth-order valence-electron chi connectivity index (χ4n) is 1.85. The SMILES string of the molecule is CC(C)OCCCNCc1cc2c(cc1O)OCO2. The van der Waals surface area contributed by atoms with Crippen molar-refractivity contribution in [1.29, 1.82) is 0 Å². The van der Waals surface area contributed by atoms with Crippen molar-refractivity contribution in [2.24, 2.45) is 0 Å². The number of fused-ring (bicyclic) bond motifs is 1. The summed E-state index contributed by atoms with van der Waals surface area (Å²) in [5, 5.41) is 13.1. The number of aromatic hydroxyl groups is 1. The number of benzene rings is 1. The van der Waals surface area contributed by atoms with Gasteiger partial charge in [0.2, 0.25) is 6.79 Å². The van der Waals surface area contributed by atoms with E-state index in [1.165, 1.54) is 0 Å². The summed E-state index contributed by atoms with van der Waals surface area (Å²) in [5.41, 5.74) is 0.814. The van der Waals surface area contributed by atoms with Crippen LogP contribution in [0.4, 0.5) is 0 Å². The Bertz CT molecular complexity index is 420. The molecular weight excluding hydrogens is 246 g/mol. The number of phenols is 1. The standard InChI is InChI=1S/C14H21NO4/c1-10(2)17-5-3-4-15-8-11-6-13-14(7-12(11)16)19-9-18-13/h6-7,10,15-16H,3-5,8-9H2,1-2H3. The lowest BCUT2D eigenvalue weighted by molar-refractivity contribution is 0.0770. The van der Waals surface area contributed by atoms with Gasteiger partial charge >= 0.3 is 0 Å². The monoisotopic (exact) mass is 267 g/mol. The maximum atomic E-state index is 9.85. The molecule has 0 fully saturated rings. The summed E-state index contributed by atoms with van der Waals surface area (Å²) >= 11 is 0. The number of phenolic OH excluding ortho intramolecular Hbond substituents is 1. The molecular formula is C14H21NO4. The lowest BCUT2D eigenvalue weighted by Crippen LogP contribution is -2.17. The molecule has 1 aliphatic heterocycles. The minimum Gasteiger partial charge on any atom is -0.507 e. The highest BCUT2D eigenvalue weighted by molar-refractivity contribution is 5.51. The first kappa shape index (κ1) is 14.0. The minimum absolute atomic E-state index is 0.220. The first-order valence-corrected chi connectivity index (χ1v) is 6.60. The average molecular weight is 267 g/mol. The zero-order chi connectivity index (χ0) is 13.7. The van der Waals surface area contributed by atoms with Crippen molar-refractivity contribution >= 4 is 0 Å². The Morgan fingerprint density at radius 2 is 2.05 bits per heavy atom. The van der Waals surface area contributed by atoms with Gasteiger partial charge in [0.25, 0.3) is 0 Å². The van der Waals surface area contributed by atoms with Crippen molar-refractivity contribution in [2.75, 3.05) is 19.9 Å². The van der Waals surface area contributed by atoms with Gasteiger partial charge in [-0.3, -0.25) is 0 Å². The second kappa shape index (κ2) is 6.63. The average Bonchev–Trinajstić information content (AvgIpc) is 2.80. The summed E-state index contributed by atoms with van der Waals surface area (Å²) in [7, 11) is 0. The number of ether oxygens (including phenoxy) is 3. The predicted octanol–water partition coefficient (Wildman–Crippen LogP) is 2.03. The van der Waals surface area contributed by atoms with Gasteiger partial charge in [0.05, 0.1) is 6.10 Å². The molecule has 0 unspecified atom stereocenters. The number of nitrogens with one attached hydrogen (secondary N) is 1. The summed E-state index contributed by atoms with van der Waals surface area (Å²) in [6.07, 6.45) is 1.22. The number of rotatable bonds is 7. The van der Waals surface area contributed by atoms with Crippen molar-refractivity contribution in [2.45, 2.75) is 32.9 Å². The second-order valence-electron chi connectivity index (χ2n) is 4.78. The highest BCUT2D eigenvalue weighted by Gasteiger charge is 2.16. The van der Waals surface area contributed by atoms with Crippen LogP contribution >= 0.6 is 0 Å². The molecule has 0 radical (unpaired) electrons. The zero-order valence-corrected chi connectivity index (χ0v) is 11.4. The third-order valence-corrected chi connectivity index (χ3v) is 2.84. The van der Waals surface area contributed by atoms with E-state index in [2.05, 4.69) is 5.32 Å². The molecule has 19 heavy (non-hydrogen) atoms. The van der Waals surface area contributed by atoms with Gasteiger partial charge in [-0.1, -0.05) is 0 Å². The molecule has 5 heteroatoms. The maximum Gasteiger partial charge on any atom is 0.231 e. The van der Waals surface area contributed by atoms with Gasteiger partial charge in [0, 0.05) is 24.8 Å². The highest BCUT2D eigenvalue weighted by Crippen LogP contribution is 2.37. The van der Waals surface area contributed by atoms with Crippen LogP contribution in [0.15, 0.2) is 12.1 Å². The largest absolute Gasteiger partial charge is 0.507 e. The van der Waals surface area contributed by atoms with E-state index in [1.54, 1.807) is 6.07 Å². The fraction of sp³-hybridized carbons (Fsp3) is 0.571. The van der Waals surface area contributed by atoms with Gasteiger partial charge in [0.1, 0.15) is 5.75 Å². The first-order valence-electron chi connectivity index (χ1n) is 6.60. The molecule has 0 aliphatic carbocycles. The Labute approximate surface area is 113 Å². The van der Waals surface area contributed by atoms with Gasteiger partial charge < -0.3 is 24.6 Å². The molecule has 106 valence electrons. The molecule has 2 rings (SSSR count). The van der Waals surface area contributed by atoms with Gasteiger partial charge in [-0.2, -0.15) is 0 Å². The van der Waals surface area contributed by atoms with E-state index < -0.39 is 0 Å². The Kier molecular flexibility index (Phi) is 4.87. The van der Waals surface area contributed by atoms with E-state index in [4.69, 9.17) is 14.2 Å².